The number of nitriles is 2. The third kappa shape index (κ3) is 6.27. The zero-order chi connectivity index (χ0) is 27.9. The van der Waals surface area contributed by atoms with Gasteiger partial charge in [0.25, 0.3) is 5.56 Å². The van der Waals surface area contributed by atoms with E-state index in [9.17, 15) is 23.2 Å². The molecule has 0 radical (unpaired) electrons. The van der Waals surface area contributed by atoms with Gasteiger partial charge in [0.15, 0.2) is 11.2 Å². The molecule has 38 heavy (non-hydrogen) atoms. The fourth-order valence-electron chi connectivity index (χ4n) is 3.67. The van der Waals surface area contributed by atoms with Crippen LogP contribution in [0.4, 0.5) is 19.1 Å². The number of fused-ring (bicyclic) bond motifs is 1. The zero-order valence-electron chi connectivity index (χ0n) is 20.1. The minimum absolute atomic E-state index is 0.0158. The Balaban J connectivity index is 0.000000505. The van der Waals surface area contributed by atoms with Crippen molar-refractivity contribution in [2.24, 2.45) is 0 Å². The molecule has 3 heterocycles. The molecular formula is C24H21F3N8O3. The molecule has 2 N–H and O–H groups in total. The molecule has 0 amide bonds. The first-order valence-corrected chi connectivity index (χ1v) is 11.2. The summed E-state index contributed by atoms with van der Waals surface area (Å²) in [6.07, 6.45) is -5.08. The highest BCUT2D eigenvalue weighted by Crippen LogP contribution is 2.20. The zero-order valence-corrected chi connectivity index (χ0v) is 20.1. The van der Waals surface area contributed by atoms with Crippen molar-refractivity contribution < 1.29 is 23.1 Å². The van der Waals surface area contributed by atoms with E-state index < -0.39 is 12.1 Å². The Morgan fingerprint density at radius 3 is 2.42 bits per heavy atom. The van der Waals surface area contributed by atoms with Crippen molar-refractivity contribution in [2.45, 2.75) is 26.2 Å². The Morgan fingerprint density at radius 1 is 1.16 bits per heavy atom. The van der Waals surface area contributed by atoms with Gasteiger partial charge in [-0.1, -0.05) is 18.1 Å². The first kappa shape index (κ1) is 27.7. The second-order valence-corrected chi connectivity index (χ2v) is 7.89. The van der Waals surface area contributed by atoms with E-state index in [-0.39, 0.29) is 23.6 Å². The molecule has 1 fully saturated rings. The first-order chi connectivity index (χ1) is 18.1. The number of benzene rings is 1. The molecule has 0 unspecified atom stereocenters. The fourth-order valence-corrected chi connectivity index (χ4v) is 3.67. The SMILES string of the molecule is CC#CCn1c(N2CCNCC2)nc2nc(C#N)n(Cc3cccc(C#N)c3)c(=O)c21.O=C(O)C(F)(F)F. The maximum atomic E-state index is 13.5. The lowest BCUT2D eigenvalue weighted by Crippen LogP contribution is -2.44. The monoisotopic (exact) mass is 526 g/mol. The van der Waals surface area contributed by atoms with E-state index in [1.54, 1.807) is 29.7 Å². The summed E-state index contributed by atoms with van der Waals surface area (Å²) in [5, 5.41) is 29.2. The van der Waals surface area contributed by atoms with Crippen LogP contribution in [0.2, 0.25) is 0 Å². The average molecular weight is 526 g/mol. The van der Waals surface area contributed by atoms with Gasteiger partial charge in [-0.15, -0.1) is 5.92 Å². The number of anilines is 1. The molecule has 1 aliphatic heterocycles. The largest absolute Gasteiger partial charge is 0.490 e. The lowest BCUT2D eigenvalue weighted by molar-refractivity contribution is -0.192. The second kappa shape index (κ2) is 11.9. The average Bonchev–Trinajstić information content (AvgIpc) is 3.27. The number of rotatable bonds is 4. The molecule has 11 nitrogen and oxygen atoms in total. The van der Waals surface area contributed by atoms with Gasteiger partial charge in [0.2, 0.25) is 11.8 Å². The van der Waals surface area contributed by atoms with Crippen LogP contribution in [0.3, 0.4) is 0 Å². The Labute approximate surface area is 214 Å². The molecule has 1 saturated heterocycles. The number of halogens is 3. The highest BCUT2D eigenvalue weighted by molar-refractivity contribution is 5.75. The van der Waals surface area contributed by atoms with Crippen molar-refractivity contribution in [3.8, 4) is 24.0 Å². The van der Waals surface area contributed by atoms with Crippen LogP contribution in [0, 0.1) is 34.5 Å². The minimum atomic E-state index is -5.08. The van der Waals surface area contributed by atoms with Crippen molar-refractivity contribution in [3.05, 3.63) is 51.6 Å². The van der Waals surface area contributed by atoms with Crippen LogP contribution in [0.25, 0.3) is 11.2 Å². The number of piperazine rings is 1. The lowest BCUT2D eigenvalue weighted by atomic mass is 10.1. The third-order valence-corrected chi connectivity index (χ3v) is 5.40. The molecule has 0 spiro atoms. The van der Waals surface area contributed by atoms with E-state index in [0.29, 0.717) is 23.6 Å². The molecule has 1 aromatic carbocycles. The number of carboxylic acid groups (broad SMARTS) is 1. The van der Waals surface area contributed by atoms with Crippen molar-refractivity contribution in [3.63, 3.8) is 0 Å². The fraction of sp³-hybridized carbons (Fsp3) is 0.333. The number of nitrogens with zero attached hydrogens (tertiary/aromatic N) is 7. The molecule has 0 bridgehead atoms. The normalized spacial score (nSPS) is 12.9. The molecule has 3 aromatic rings. The molecule has 196 valence electrons. The molecular weight excluding hydrogens is 505 g/mol. The molecule has 14 heteroatoms. The first-order valence-electron chi connectivity index (χ1n) is 11.2. The summed E-state index contributed by atoms with van der Waals surface area (Å²) < 4.78 is 34.9. The summed E-state index contributed by atoms with van der Waals surface area (Å²) in [6.45, 7) is 5.33. The summed E-state index contributed by atoms with van der Waals surface area (Å²) in [5.74, 6) is 3.75. The van der Waals surface area contributed by atoms with Crippen LogP contribution in [-0.2, 0) is 17.9 Å². The van der Waals surface area contributed by atoms with Gasteiger partial charge in [-0.2, -0.15) is 33.7 Å². The maximum Gasteiger partial charge on any atom is 0.490 e. The van der Waals surface area contributed by atoms with E-state index in [4.69, 9.17) is 15.2 Å². The summed E-state index contributed by atoms with van der Waals surface area (Å²) in [5.41, 5.74) is 1.44. The maximum absolute atomic E-state index is 13.5. The van der Waals surface area contributed by atoms with Crippen LogP contribution in [0.15, 0.2) is 29.1 Å². The summed E-state index contributed by atoms with van der Waals surface area (Å²) in [4.78, 5) is 33.5. The minimum Gasteiger partial charge on any atom is -0.475 e. The Kier molecular flexibility index (Phi) is 8.69. The molecule has 4 rings (SSSR count). The number of carboxylic acids is 1. The number of aromatic nitrogens is 4. The second-order valence-electron chi connectivity index (χ2n) is 7.89. The van der Waals surface area contributed by atoms with E-state index >= 15 is 0 Å². The van der Waals surface area contributed by atoms with Crippen molar-refractivity contribution in [1.82, 2.24) is 24.4 Å². The molecule has 2 aromatic heterocycles. The molecule has 0 saturated carbocycles. The summed E-state index contributed by atoms with van der Waals surface area (Å²) in [7, 11) is 0. The quantitative estimate of drug-likeness (QED) is 0.481. The highest BCUT2D eigenvalue weighted by atomic mass is 19.4. The van der Waals surface area contributed by atoms with Gasteiger partial charge in [0.1, 0.15) is 6.07 Å². The standard InChI is InChI=1S/C22H20N8O.C2HF3O2/c1-2-3-9-29-19-20(27-22(29)28-10-7-25-8-11-28)26-18(14-24)30(21(19)31)15-17-6-4-5-16(12-17)13-23;3-2(4,5)1(6)7/h4-6,12,25H,7-11,15H2,1H3;(H,6,7). The van der Waals surface area contributed by atoms with Gasteiger partial charge in [0.05, 0.1) is 24.7 Å². The van der Waals surface area contributed by atoms with Crippen molar-refractivity contribution >= 4 is 23.1 Å². The number of hydrogen-bond donors (Lipinski definition) is 2. The van der Waals surface area contributed by atoms with Crippen molar-refractivity contribution in [2.75, 3.05) is 31.1 Å². The Hall–Kier alpha value is -4.87. The van der Waals surface area contributed by atoms with Crippen LogP contribution < -0.4 is 15.8 Å². The van der Waals surface area contributed by atoms with Crippen LogP contribution in [0.5, 0.6) is 0 Å². The number of aliphatic carboxylic acids is 1. The van der Waals surface area contributed by atoms with Crippen LogP contribution in [0.1, 0.15) is 23.9 Å². The third-order valence-electron chi connectivity index (χ3n) is 5.40. The number of carbonyl (C=O) groups is 1. The molecule has 1 aliphatic rings. The van der Waals surface area contributed by atoms with E-state index in [1.807, 2.05) is 12.1 Å². The van der Waals surface area contributed by atoms with E-state index in [2.05, 4.69) is 38.1 Å². The van der Waals surface area contributed by atoms with Gasteiger partial charge in [-0.05, 0) is 24.6 Å². The van der Waals surface area contributed by atoms with Crippen molar-refractivity contribution in [1.29, 1.82) is 10.5 Å². The van der Waals surface area contributed by atoms with Gasteiger partial charge in [-0.3, -0.25) is 13.9 Å². The topological polar surface area (TPSA) is 153 Å². The number of alkyl halides is 3. The smallest absolute Gasteiger partial charge is 0.475 e. The van der Waals surface area contributed by atoms with Gasteiger partial charge >= 0.3 is 12.1 Å². The van der Waals surface area contributed by atoms with E-state index in [1.165, 1.54) is 4.57 Å². The van der Waals surface area contributed by atoms with E-state index in [0.717, 1.165) is 31.7 Å². The predicted octanol–water partition coefficient (Wildman–Crippen LogP) is 1.45. The van der Waals surface area contributed by atoms with Crippen LogP contribution >= 0.6 is 0 Å². The number of nitrogens with one attached hydrogen (secondary N) is 1. The molecule has 0 aliphatic carbocycles. The Morgan fingerprint density at radius 2 is 1.84 bits per heavy atom. The lowest BCUT2D eigenvalue weighted by Gasteiger charge is -2.28. The highest BCUT2D eigenvalue weighted by Gasteiger charge is 2.38. The van der Waals surface area contributed by atoms with Gasteiger partial charge < -0.3 is 15.3 Å². The molecule has 0 atom stereocenters. The van der Waals surface area contributed by atoms with Gasteiger partial charge in [-0.25, -0.2) is 4.79 Å². The Bertz CT molecular complexity index is 1550. The van der Waals surface area contributed by atoms with Gasteiger partial charge in [0, 0.05) is 26.2 Å². The number of imidazole rings is 1. The predicted molar refractivity (Wildman–Crippen MR) is 129 cm³/mol. The summed E-state index contributed by atoms with van der Waals surface area (Å²) in [6, 6.07) is 11.1. The van der Waals surface area contributed by atoms with Crippen LogP contribution in [-0.4, -0.2) is 62.5 Å². The summed E-state index contributed by atoms with van der Waals surface area (Å²) >= 11 is 0. The number of hydrogen-bond acceptors (Lipinski definition) is 8.